The highest BCUT2D eigenvalue weighted by molar-refractivity contribution is 9.10. The van der Waals surface area contributed by atoms with Crippen molar-refractivity contribution in [1.82, 2.24) is 0 Å². The third-order valence-electron chi connectivity index (χ3n) is 2.82. The number of halogens is 2. The van der Waals surface area contributed by atoms with E-state index >= 15 is 0 Å². The topological polar surface area (TPSA) is 44.5 Å². The first kappa shape index (κ1) is 15.2. The summed E-state index contributed by atoms with van der Waals surface area (Å²) in [5, 5.41) is 0.641. The predicted molar refractivity (Wildman–Crippen MR) is 84.8 cm³/mol. The molecule has 1 unspecified atom stereocenters. The van der Waals surface area contributed by atoms with Crippen molar-refractivity contribution in [2.24, 2.45) is 5.73 Å². The van der Waals surface area contributed by atoms with Crippen molar-refractivity contribution in [2.75, 3.05) is 7.11 Å². The minimum atomic E-state index is -0.202. The lowest BCUT2D eigenvalue weighted by atomic mass is 10.1. The van der Waals surface area contributed by atoms with Crippen LogP contribution >= 0.6 is 27.5 Å². The van der Waals surface area contributed by atoms with E-state index in [0.29, 0.717) is 22.3 Å². The van der Waals surface area contributed by atoms with E-state index in [1.54, 1.807) is 25.3 Å². The SMILES string of the molecule is COc1cccc(Oc2ccc(Cl)cc2Br)c1C(C)N. The Morgan fingerprint density at radius 2 is 1.85 bits per heavy atom. The molecule has 0 aliphatic carbocycles. The Bertz CT molecular complexity index is 617. The van der Waals surface area contributed by atoms with Gasteiger partial charge in [0.1, 0.15) is 17.2 Å². The molecule has 106 valence electrons. The van der Waals surface area contributed by atoms with Crippen LogP contribution in [0.25, 0.3) is 0 Å². The summed E-state index contributed by atoms with van der Waals surface area (Å²) < 4.78 is 12.1. The summed E-state index contributed by atoms with van der Waals surface area (Å²) in [6.45, 7) is 1.89. The van der Waals surface area contributed by atoms with Gasteiger partial charge in [0.2, 0.25) is 0 Å². The van der Waals surface area contributed by atoms with E-state index in [-0.39, 0.29) is 6.04 Å². The molecule has 0 bridgehead atoms. The molecule has 0 aliphatic heterocycles. The second kappa shape index (κ2) is 6.48. The van der Waals surface area contributed by atoms with Crippen LogP contribution in [0.5, 0.6) is 17.2 Å². The maximum absolute atomic E-state index is 6.01. The van der Waals surface area contributed by atoms with Crippen LogP contribution in [0.15, 0.2) is 40.9 Å². The second-order valence-corrected chi connectivity index (χ2v) is 5.63. The molecule has 2 aromatic carbocycles. The van der Waals surface area contributed by atoms with Gasteiger partial charge in [-0.15, -0.1) is 0 Å². The van der Waals surface area contributed by atoms with E-state index in [0.717, 1.165) is 10.0 Å². The Hall–Kier alpha value is -1.23. The van der Waals surface area contributed by atoms with Crippen LogP contribution < -0.4 is 15.2 Å². The smallest absolute Gasteiger partial charge is 0.141 e. The monoisotopic (exact) mass is 355 g/mol. The molecule has 0 fully saturated rings. The molecule has 0 saturated heterocycles. The van der Waals surface area contributed by atoms with Gasteiger partial charge in [0.05, 0.1) is 17.1 Å². The van der Waals surface area contributed by atoms with Crippen LogP contribution in [-0.2, 0) is 0 Å². The standard InChI is InChI=1S/C15H15BrClNO2/c1-9(18)15-13(19-2)4-3-5-14(15)20-12-7-6-10(17)8-11(12)16/h3-9H,18H2,1-2H3. The van der Waals surface area contributed by atoms with Crippen molar-refractivity contribution in [1.29, 1.82) is 0 Å². The molecule has 0 aromatic heterocycles. The average Bonchev–Trinajstić information content (AvgIpc) is 2.41. The number of hydrogen-bond acceptors (Lipinski definition) is 3. The van der Waals surface area contributed by atoms with Gasteiger partial charge in [-0.2, -0.15) is 0 Å². The summed E-state index contributed by atoms with van der Waals surface area (Å²) in [5.74, 6) is 2.05. The number of methoxy groups -OCH3 is 1. The Morgan fingerprint density at radius 1 is 1.15 bits per heavy atom. The highest BCUT2D eigenvalue weighted by Gasteiger charge is 2.15. The molecule has 0 aliphatic rings. The zero-order valence-electron chi connectivity index (χ0n) is 11.2. The molecule has 0 heterocycles. The summed E-state index contributed by atoms with van der Waals surface area (Å²) in [5.41, 5.74) is 6.84. The van der Waals surface area contributed by atoms with Crippen LogP contribution in [0.1, 0.15) is 18.5 Å². The van der Waals surface area contributed by atoms with Gasteiger partial charge >= 0.3 is 0 Å². The number of hydrogen-bond donors (Lipinski definition) is 1. The van der Waals surface area contributed by atoms with Gasteiger partial charge in [-0.3, -0.25) is 0 Å². The summed E-state index contributed by atoms with van der Waals surface area (Å²) in [4.78, 5) is 0. The number of benzene rings is 2. The fourth-order valence-corrected chi connectivity index (χ4v) is 2.68. The van der Waals surface area contributed by atoms with Gasteiger partial charge in [0.25, 0.3) is 0 Å². The van der Waals surface area contributed by atoms with Crippen molar-refractivity contribution in [3.63, 3.8) is 0 Å². The van der Waals surface area contributed by atoms with Gasteiger partial charge < -0.3 is 15.2 Å². The quantitative estimate of drug-likeness (QED) is 0.845. The largest absolute Gasteiger partial charge is 0.496 e. The lowest BCUT2D eigenvalue weighted by Gasteiger charge is -2.17. The number of nitrogens with two attached hydrogens (primary N) is 1. The summed E-state index contributed by atoms with van der Waals surface area (Å²) in [6, 6.07) is 10.7. The second-order valence-electron chi connectivity index (χ2n) is 4.34. The molecule has 2 N–H and O–H groups in total. The van der Waals surface area contributed by atoms with E-state index in [1.165, 1.54) is 0 Å². The fraction of sp³-hybridized carbons (Fsp3) is 0.200. The normalized spacial score (nSPS) is 12.1. The first-order chi connectivity index (χ1) is 9.52. The molecule has 0 radical (unpaired) electrons. The summed E-state index contributed by atoms with van der Waals surface area (Å²) >= 11 is 9.35. The molecule has 1 atom stereocenters. The Kier molecular flexibility index (Phi) is 4.91. The van der Waals surface area contributed by atoms with Gasteiger partial charge in [-0.1, -0.05) is 17.7 Å². The van der Waals surface area contributed by atoms with Crippen molar-refractivity contribution in [3.05, 3.63) is 51.5 Å². The van der Waals surface area contributed by atoms with E-state index < -0.39 is 0 Å². The molecule has 2 rings (SSSR count). The Balaban J connectivity index is 2.43. The van der Waals surface area contributed by atoms with Gasteiger partial charge in [-0.05, 0) is 53.2 Å². The number of rotatable bonds is 4. The minimum absolute atomic E-state index is 0.202. The lowest BCUT2D eigenvalue weighted by molar-refractivity contribution is 0.397. The fourth-order valence-electron chi connectivity index (χ4n) is 1.92. The first-order valence-corrected chi connectivity index (χ1v) is 7.25. The number of ether oxygens (including phenoxy) is 2. The maximum atomic E-state index is 6.01. The zero-order valence-corrected chi connectivity index (χ0v) is 13.5. The molecule has 0 amide bonds. The molecule has 2 aromatic rings. The van der Waals surface area contributed by atoms with Crippen LogP contribution in [0.3, 0.4) is 0 Å². The predicted octanol–water partition coefficient (Wildman–Crippen LogP) is 4.92. The lowest BCUT2D eigenvalue weighted by Crippen LogP contribution is -2.08. The minimum Gasteiger partial charge on any atom is -0.496 e. The molecule has 5 heteroatoms. The van der Waals surface area contributed by atoms with Crippen LogP contribution in [0, 0.1) is 0 Å². The Labute approximate surface area is 131 Å². The molecule has 3 nitrogen and oxygen atoms in total. The van der Waals surface area contributed by atoms with Crippen LogP contribution in [0.4, 0.5) is 0 Å². The van der Waals surface area contributed by atoms with Gasteiger partial charge in [0.15, 0.2) is 0 Å². The van der Waals surface area contributed by atoms with Crippen LogP contribution in [0.2, 0.25) is 5.02 Å². The molecular weight excluding hydrogens is 342 g/mol. The summed E-state index contributed by atoms with van der Waals surface area (Å²) in [7, 11) is 1.61. The summed E-state index contributed by atoms with van der Waals surface area (Å²) in [6.07, 6.45) is 0. The van der Waals surface area contributed by atoms with E-state index in [1.807, 2.05) is 25.1 Å². The molecule has 20 heavy (non-hydrogen) atoms. The third-order valence-corrected chi connectivity index (χ3v) is 3.67. The van der Waals surface area contributed by atoms with Crippen molar-refractivity contribution in [2.45, 2.75) is 13.0 Å². The first-order valence-electron chi connectivity index (χ1n) is 6.08. The average molecular weight is 357 g/mol. The van der Waals surface area contributed by atoms with Crippen molar-refractivity contribution in [3.8, 4) is 17.2 Å². The third kappa shape index (κ3) is 3.26. The van der Waals surface area contributed by atoms with E-state index in [2.05, 4.69) is 15.9 Å². The van der Waals surface area contributed by atoms with E-state index in [9.17, 15) is 0 Å². The van der Waals surface area contributed by atoms with Crippen molar-refractivity contribution >= 4 is 27.5 Å². The highest BCUT2D eigenvalue weighted by atomic mass is 79.9. The van der Waals surface area contributed by atoms with Crippen LogP contribution in [-0.4, -0.2) is 7.11 Å². The van der Waals surface area contributed by atoms with Gasteiger partial charge in [0, 0.05) is 11.1 Å². The molecule has 0 spiro atoms. The van der Waals surface area contributed by atoms with Crippen molar-refractivity contribution < 1.29 is 9.47 Å². The highest BCUT2D eigenvalue weighted by Crippen LogP contribution is 2.38. The van der Waals surface area contributed by atoms with E-state index in [4.69, 9.17) is 26.8 Å². The maximum Gasteiger partial charge on any atom is 0.141 e. The Morgan fingerprint density at radius 3 is 2.45 bits per heavy atom. The van der Waals surface area contributed by atoms with Gasteiger partial charge in [-0.25, -0.2) is 0 Å². The molecule has 0 saturated carbocycles. The zero-order chi connectivity index (χ0) is 14.7. The molecular formula is C15H15BrClNO2.